The Bertz CT molecular complexity index is 685. The first-order valence-electron chi connectivity index (χ1n) is 8.27. The molecule has 128 valence electrons. The van der Waals surface area contributed by atoms with Crippen LogP contribution in [-0.2, 0) is 0 Å². The first-order chi connectivity index (χ1) is 11.6. The molecule has 3 rings (SSSR count). The molecule has 24 heavy (non-hydrogen) atoms. The summed E-state index contributed by atoms with van der Waals surface area (Å²) in [5.74, 6) is 0.437. The fourth-order valence-corrected chi connectivity index (χ4v) is 3.59. The molecule has 0 bridgehead atoms. The highest BCUT2D eigenvalue weighted by Gasteiger charge is 2.22. The molecule has 2 N–H and O–H groups in total. The second-order valence-corrected chi connectivity index (χ2v) is 7.42. The lowest BCUT2D eigenvalue weighted by atomic mass is 9.98. The molecule has 7 heteroatoms. The molecule has 1 aliphatic rings. The summed E-state index contributed by atoms with van der Waals surface area (Å²) in [6.45, 7) is 6.60. The van der Waals surface area contributed by atoms with Gasteiger partial charge in [-0.25, -0.2) is 4.79 Å². The molecule has 1 fully saturated rings. The van der Waals surface area contributed by atoms with Crippen LogP contribution in [0.3, 0.4) is 0 Å². The summed E-state index contributed by atoms with van der Waals surface area (Å²) in [4.78, 5) is 14.3. The van der Waals surface area contributed by atoms with Gasteiger partial charge in [0.1, 0.15) is 5.01 Å². The third-order valence-electron chi connectivity index (χ3n) is 4.17. The molecule has 1 saturated heterocycles. The smallest absolute Gasteiger partial charge is 0.319 e. The molecule has 1 aliphatic heterocycles. The number of carbonyl (C=O) groups is 1. The number of nitrogens with zero attached hydrogens (tertiary/aromatic N) is 3. The number of aryl methyl sites for hydroxylation is 2. The second-order valence-electron chi connectivity index (χ2n) is 6.26. The number of aromatic nitrogens is 2. The topological polar surface area (TPSA) is 70.2 Å². The SMILES string of the molecule is Cc1ccc(NC(=O)NC[C@H]2CCCN(c3nnc(C)s3)C2)cc1. The minimum absolute atomic E-state index is 0.150. The van der Waals surface area contributed by atoms with Gasteiger partial charge in [0.2, 0.25) is 5.13 Å². The number of nitrogens with one attached hydrogen (secondary N) is 2. The van der Waals surface area contributed by atoms with Crippen molar-refractivity contribution in [1.29, 1.82) is 0 Å². The summed E-state index contributed by atoms with van der Waals surface area (Å²) >= 11 is 1.63. The summed E-state index contributed by atoms with van der Waals surface area (Å²) in [5, 5.41) is 16.1. The molecule has 2 amide bonds. The Morgan fingerprint density at radius 1 is 1.29 bits per heavy atom. The first-order valence-corrected chi connectivity index (χ1v) is 9.08. The maximum Gasteiger partial charge on any atom is 0.319 e. The summed E-state index contributed by atoms with van der Waals surface area (Å²) in [5.41, 5.74) is 1.99. The van der Waals surface area contributed by atoms with Crippen molar-refractivity contribution in [3.05, 3.63) is 34.8 Å². The van der Waals surface area contributed by atoms with E-state index in [0.717, 1.165) is 41.8 Å². The lowest BCUT2D eigenvalue weighted by molar-refractivity contribution is 0.249. The van der Waals surface area contributed by atoms with Gasteiger partial charge in [-0.3, -0.25) is 0 Å². The molecular formula is C17H23N5OS. The number of rotatable bonds is 4. The minimum atomic E-state index is -0.150. The van der Waals surface area contributed by atoms with E-state index in [0.29, 0.717) is 12.5 Å². The van der Waals surface area contributed by atoms with Crippen LogP contribution in [0.5, 0.6) is 0 Å². The van der Waals surface area contributed by atoms with Crippen molar-refractivity contribution in [1.82, 2.24) is 15.5 Å². The van der Waals surface area contributed by atoms with E-state index in [1.54, 1.807) is 11.3 Å². The van der Waals surface area contributed by atoms with E-state index < -0.39 is 0 Å². The Morgan fingerprint density at radius 2 is 2.08 bits per heavy atom. The van der Waals surface area contributed by atoms with Gasteiger partial charge in [-0.2, -0.15) is 0 Å². The maximum atomic E-state index is 12.0. The standard InChI is InChI=1S/C17H23N5OS/c1-12-5-7-15(8-6-12)19-16(23)18-10-14-4-3-9-22(11-14)17-21-20-13(2)24-17/h5-8,14H,3-4,9-11H2,1-2H3,(H2,18,19,23)/t14-/m1/s1. The Labute approximate surface area is 146 Å². The molecule has 0 radical (unpaired) electrons. The number of amides is 2. The van der Waals surface area contributed by atoms with Crippen LogP contribution in [0.15, 0.2) is 24.3 Å². The highest BCUT2D eigenvalue weighted by Crippen LogP contribution is 2.25. The molecule has 1 aromatic heterocycles. The molecular weight excluding hydrogens is 322 g/mol. The Morgan fingerprint density at radius 3 is 2.79 bits per heavy atom. The van der Waals surface area contributed by atoms with Gasteiger partial charge in [-0.05, 0) is 44.7 Å². The number of piperidine rings is 1. The zero-order valence-electron chi connectivity index (χ0n) is 14.1. The molecule has 0 unspecified atom stereocenters. The van der Waals surface area contributed by atoms with Gasteiger partial charge in [-0.1, -0.05) is 29.0 Å². The van der Waals surface area contributed by atoms with Crippen molar-refractivity contribution in [2.24, 2.45) is 5.92 Å². The molecule has 0 aliphatic carbocycles. The van der Waals surface area contributed by atoms with E-state index in [1.165, 1.54) is 5.56 Å². The zero-order chi connectivity index (χ0) is 16.9. The molecule has 1 aromatic carbocycles. The van der Waals surface area contributed by atoms with Crippen molar-refractivity contribution in [2.45, 2.75) is 26.7 Å². The second kappa shape index (κ2) is 7.61. The average Bonchev–Trinajstić information content (AvgIpc) is 3.02. The molecule has 6 nitrogen and oxygen atoms in total. The Balaban J connectivity index is 1.47. The van der Waals surface area contributed by atoms with Crippen LogP contribution >= 0.6 is 11.3 Å². The summed E-state index contributed by atoms with van der Waals surface area (Å²) in [6, 6.07) is 7.64. The molecule has 2 heterocycles. The van der Waals surface area contributed by atoms with Crippen LogP contribution in [0.2, 0.25) is 0 Å². The molecule has 1 atom stereocenters. The summed E-state index contributed by atoms with van der Waals surface area (Å²) in [7, 11) is 0. The zero-order valence-corrected chi connectivity index (χ0v) is 14.9. The van der Waals surface area contributed by atoms with E-state index >= 15 is 0 Å². The van der Waals surface area contributed by atoms with Crippen molar-refractivity contribution in [3.63, 3.8) is 0 Å². The molecule has 0 saturated carbocycles. The van der Waals surface area contributed by atoms with Crippen LogP contribution in [0.25, 0.3) is 0 Å². The fraction of sp³-hybridized carbons (Fsp3) is 0.471. The van der Waals surface area contributed by atoms with E-state index in [4.69, 9.17) is 0 Å². The van der Waals surface area contributed by atoms with Gasteiger partial charge in [0.25, 0.3) is 0 Å². The minimum Gasteiger partial charge on any atom is -0.346 e. The predicted molar refractivity (Wildman–Crippen MR) is 97.8 cm³/mol. The van der Waals surface area contributed by atoms with Gasteiger partial charge in [0.15, 0.2) is 0 Å². The van der Waals surface area contributed by atoms with Crippen LogP contribution in [0.4, 0.5) is 15.6 Å². The number of benzene rings is 1. The highest BCUT2D eigenvalue weighted by atomic mass is 32.1. The first kappa shape index (κ1) is 16.7. The average molecular weight is 345 g/mol. The fourth-order valence-electron chi connectivity index (χ4n) is 2.87. The summed E-state index contributed by atoms with van der Waals surface area (Å²) < 4.78 is 0. The van der Waals surface area contributed by atoms with Crippen molar-refractivity contribution >= 4 is 28.2 Å². The van der Waals surface area contributed by atoms with Crippen molar-refractivity contribution < 1.29 is 4.79 Å². The van der Waals surface area contributed by atoms with E-state index in [-0.39, 0.29) is 6.03 Å². The number of hydrogen-bond donors (Lipinski definition) is 2. The van der Waals surface area contributed by atoms with Gasteiger partial charge >= 0.3 is 6.03 Å². The third kappa shape index (κ3) is 4.44. The third-order valence-corrected chi connectivity index (χ3v) is 5.07. The van der Waals surface area contributed by atoms with Crippen molar-refractivity contribution in [2.75, 3.05) is 29.9 Å². The van der Waals surface area contributed by atoms with Gasteiger partial charge in [-0.15, -0.1) is 10.2 Å². The van der Waals surface area contributed by atoms with E-state index in [9.17, 15) is 4.79 Å². The van der Waals surface area contributed by atoms with Gasteiger partial charge in [0, 0.05) is 25.3 Å². The molecule has 0 spiro atoms. The van der Waals surface area contributed by atoms with Crippen LogP contribution in [0, 0.1) is 19.8 Å². The number of hydrogen-bond acceptors (Lipinski definition) is 5. The van der Waals surface area contributed by atoms with Crippen LogP contribution < -0.4 is 15.5 Å². The maximum absolute atomic E-state index is 12.0. The lowest BCUT2D eigenvalue weighted by Crippen LogP contribution is -2.42. The quantitative estimate of drug-likeness (QED) is 0.893. The summed E-state index contributed by atoms with van der Waals surface area (Å²) in [6.07, 6.45) is 2.24. The molecule has 2 aromatic rings. The highest BCUT2D eigenvalue weighted by molar-refractivity contribution is 7.15. The van der Waals surface area contributed by atoms with Gasteiger partial charge < -0.3 is 15.5 Å². The Hall–Kier alpha value is -2.15. The largest absolute Gasteiger partial charge is 0.346 e. The normalized spacial score (nSPS) is 17.6. The monoisotopic (exact) mass is 345 g/mol. The van der Waals surface area contributed by atoms with Crippen LogP contribution in [0.1, 0.15) is 23.4 Å². The number of carbonyl (C=O) groups excluding carboxylic acids is 1. The van der Waals surface area contributed by atoms with Crippen molar-refractivity contribution in [3.8, 4) is 0 Å². The number of urea groups is 1. The van der Waals surface area contributed by atoms with Crippen LogP contribution in [-0.4, -0.2) is 35.9 Å². The predicted octanol–water partition coefficient (Wildman–Crippen LogP) is 3.19. The number of anilines is 2. The van der Waals surface area contributed by atoms with Gasteiger partial charge in [0.05, 0.1) is 0 Å². The Kier molecular flexibility index (Phi) is 5.30. The van der Waals surface area contributed by atoms with E-state index in [2.05, 4.69) is 25.7 Å². The lowest BCUT2D eigenvalue weighted by Gasteiger charge is -2.32. The van der Waals surface area contributed by atoms with E-state index in [1.807, 2.05) is 38.1 Å².